The van der Waals surface area contributed by atoms with Gasteiger partial charge in [0.2, 0.25) is 11.6 Å². The summed E-state index contributed by atoms with van der Waals surface area (Å²) in [6.45, 7) is 17.8. The van der Waals surface area contributed by atoms with Crippen molar-refractivity contribution >= 4 is 123 Å². The molecule has 31 nitrogen and oxygen atoms in total. The van der Waals surface area contributed by atoms with Gasteiger partial charge in [0.25, 0.3) is 10.1 Å². The van der Waals surface area contributed by atoms with Gasteiger partial charge in [0.15, 0.2) is 11.5 Å². The zero-order valence-corrected chi connectivity index (χ0v) is 68.3. The number of hydrogen-bond donors (Lipinski definition) is 9. The van der Waals surface area contributed by atoms with Crippen molar-refractivity contribution in [3.05, 3.63) is 118 Å². The van der Waals surface area contributed by atoms with Crippen LogP contribution in [0.5, 0.6) is 0 Å². The quantitative estimate of drug-likeness (QED) is 0.00371. The molecule has 3 unspecified atom stereocenters. The molecule has 1 aromatic heterocycles. The number of alkyl carbamates (subject to hydrolysis) is 2. The van der Waals surface area contributed by atoms with E-state index in [1.165, 1.54) is 40.0 Å². The molecule has 598 valence electrons. The van der Waals surface area contributed by atoms with Crippen LogP contribution in [0.4, 0.5) is 21.0 Å². The van der Waals surface area contributed by atoms with E-state index in [1.54, 1.807) is 39.8 Å². The third-order valence-corrected chi connectivity index (χ3v) is 25.8. The van der Waals surface area contributed by atoms with Crippen molar-refractivity contribution in [1.29, 1.82) is 0 Å². The van der Waals surface area contributed by atoms with Gasteiger partial charge < -0.3 is 83.9 Å². The molecule has 3 amide bonds. The van der Waals surface area contributed by atoms with Gasteiger partial charge >= 0.3 is 35.7 Å². The van der Waals surface area contributed by atoms with Crippen molar-refractivity contribution in [1.82, 2.24) is 20.5 Å². The fraction of sp³-hybridized carbons (Fsp3) is 0.551. The Hall–Kier alpha value is -5.42. The fourth-order valence-electron chi connectivity index (χ4n) is 12.2. The second-order valence-electron chi connectivity index (χ2n) is 26.9. The van der Waals surface area contributed by atoms with E-state index in [9.17, 15) is 55.6 Å². The molecular formula is C69H99N7O24P3S5+. The normalized spacial score (nSPS) is 19.3. The molecule has 1 saturated heterocycles. The molecule has 0 bridgehead atoms. The Bertz CT molecular complexity index is 4190. The summed E-state index contributed by atoms with van der Waals surface area (Å²) in [5.74, 6) is 5.75. The minimum Gasteiger partial charge on any atom is -0.450 e. The number of para-hydroxylation sites is 1. The Labute approximate surface area is 645 Å². The van der Waals surface area contributed by atoms with Crippen LogP contribution in [0.1, 0.15) is 145 Å². The number of rotatable bonds is 44. The molecule has 0 spiro atoms. The maximum atomic E-state index is 13.3. The molecule has 39 heteroatoms. The monoisotopic (exact) mass is 1660 g/mol. The summed E-state index contributed by atoms with van der Waals surface area (Å²) in [6, 6.07) is 13.2. The van der Waals surface area contributed by atoms with Gasteiger partial charge in [0.05, 0.1) is 98.4 Å². The number of ether oxygens (including phenoxy) is 7. The van der Waals surface area contributed by atoms with Crippen molar-refractivity contribution in [3.63, 3.8) is 0 Å². The number of hydrogen-bond acceptors (Lipinski definition) is 24. The molecular weight excluding hydrogens is 1560 g/mol. The molecule has 1 aliphatic carbocycles. The number of phosphoric ester groups is 1. The summed E-state index contributed by atoms with van der Waals surface area (Å²) in [7, 11) is -18.9. The van der Waals surface area contributed by atoms with Crippen molar-refractivity contribution in [3.8, 4) is 11.8 Å². The molecule has 6 atom stereocenters. The molecule has 0 saturated carbocycles. The van der Waals surface area contributed by atoms with Crippen molar-refractivity contribution in [2.75, 3.05) is 109 Å². The molecule has 108 heavy (non-hydrogen) atoms. The second kappa shape index (κ2) is 41.4. The van der Waals surface area contributed by atoms with Gasteiger partial charge in [-0.15, -0.1) is 0 Å². The number of phosphoric acid groups is 3. The van der Waals surface area contributed by atoms with Crippen LogP contribution in [0.25, 0.3) is 6.08 Å². The SMILES string of the molecule is CCN1\C(=C/C=C/C=C/C2=[N+](CCCCCC(=O)NCCOCCOCCNC(=O)OCCC(C)(C)SSCOCCCCOC(=O)NCC#Cc3cn([C@H]4C[C@@H](OCS(C)=S)[C@@H](COP(=O)(O)OP(=O)(O)OP(=O)(O)O)O4)c4c3C(=O)CC(N)=C4)c3ccc(S(=O)(=O)O)cc3C2(C)C)C(C)(C)c2ccccc21. The molecule has 3 aliphatic heterocycles. The van der Waals surface area contributed by atoms with Crippen LogP contribution in [0, 0.1) is 11.8 Å². The van der Waals surface area contributed by atoms with E-state index in [-0.39, 0.29) is 95.3 Å². The van der Waals surface area contributed by atoms with Crippen LogP contribution in [0.3, 0.4) is 0 Å². The highest BCUT2D eigenvalue weighted by atomic mass is 33.1. The van der Waals surface area contributed by atoms with Crippen LogP contribution in [-0.4, -0.2) is 192 Å². The first kappa shape index (κ1) is 89.8. The lowest BCUT2D eigenvalue weighted by Gasteiger charge is -2.25. The summed E-state index contributed by atoms with van der Waals surface area (Å²) in [5.41, 5.74) is 12.9. The summed E-state index contributed by atoms with van der Waals surface area (Å²) in [4.78, 5) is 90.4. The largest absolute Gasteiger partial charge is 0.490 e. The highest BCUT2D eigenvalue weighted by Gasteiger charge is 2.47. The van der Waals surface area contributed by atoms with Gasteiger partial charge in [0.1, 0.15) is 24.8 Å². The highest BCUT2D eigenvalue weighted by Crippen LogP contribution is 2.66. The number of likely N-dealkylation sites (N-methyl/N-ethyl adjacent to an activating group) is 1. The van der Waals surface area contributed by atoms with Crippen LogP contribution in [-0.2, 0) is 106 Å². The van der Waals surface area contributed by atoms with Crippen molar-refractivity contribution in [2.45, 2.75) is 145 Å². The third-order valence-electron chi connectivity index (χ3n) is 17.4. The van der Waals surface area contributed by atoms with Crippen molar-refractivity contribution in [2.24, 2.45) is 5.73 Å². The summed E-state index contributed by atoms with van der Waals surface area (Å²) in [5, 5.41) is 8.12. The maximum absolute atomic E-state index is 13.3. The Kier molecular flexibility index (Phi) is 34.4. The van der Waals surface area contributed by atoms with Gasteiger partial charge in [-0.25, -0.2) is 23.3 Å². The summed E-state index contributed by atoms with van der Waals surface area (Å²) >= 11 is 5.24. The van der Waals surface area contributed by atoms with E-state index in [0.29, 0.717) is 83.3 Å². The van der Waals surface area contributed by atoms with Crippen LogP contribution < -0.4 is 26.6 Å². The number of carbonyl (C=O) groups excluding carboxylic acids is 4. The molecule has 1 fully saturated rings. The zero-order chi connectivity index (χ0) is 79.1. The molecule has 4 aliphatic rings. The topological polar surface area (TPSA) is 420 Å². The lowest BCUT2D eigenvalue weighted by atomic mass is 9.81. The van der Waals surface area contributed by atoms with E-state index in [4.69, 9.17) is 64.4 Å². The Morgan fingerprint density at radius 2 is 1.56 bits per heavy atom. The van der Waals surface area contributed by atoms with E-state index in [1.807, 2.05) is 39.8 Å². The van der Waals surface area contributed by atoms with Crippen LogP contribution >= 0.6 is 45.1 Å². The van der Waals surface area contributed by atoms with E-state index in [2.05, 4.69) is 109 Å². The number of nitrogens with one attached hydrogen (secondary N) is 3. The first-order valence-corrected chi connectivity index (χ1v) is 45.8. The number of amides is 3. The van der Waals surface area contributed by atoms with Crippen LogP contribution in [0.15, 0.2) is 95.3 Å². The number of anilines is 1. The highest BCUT2D eigenvalue weighted by molar-refractivity contribution is 8.77. The fourth-order valence-corrected chi connectivity index (χ4v) is 18.6. The number of carbonyl (C=O) groups is 4. The molecule has 2 aromatic carbocycles. The minimum absolute atomic E-state index is 0.0622. The Morgan fingerprint density at radius 1 is 0.861 bits per heavy atom. The average molecular weight is 1660 g/mol. The number of allylic oxidation sites excluding steroid dienone is 7. The maximum Gasteiger partial charge on any atom is 0.490 e. The van der Waals surface area contributed by atoms with Gasteiger partial charge in [-0.3, -0.25) is 18.7 Å². The van der Waals surface area contributed by atoms with E-state index < -0.39 is 85.7 Å². The average Bonchev–Trinajstić information content (AvgIpc) is 1.67. The number of Topliss-reactive ketones (excluding diaryl/α,β-unsaturated/α-hetero) is 1. The Morgan fingerprint density at radius 3 is 2.28 bits per heavy atom. The smallest absolute Gasteiger partial charge is 0.450 e. The number of unbranched alkanes of at least 4 members (excludes halogenated alkanes) is 3. The number of aromatic nitrogens is 1. The molecule has 10 N–H and O–H groups in total. The zero-order valence-electron chi connectivity index (χ0n) is 61.6. The van der Waals surface area contributed by atoms with Gasteiger partial charge in [0, 0.05) is 96.6 Å². The summed E-state index contributed by atoms with van der Waals surface area (Å²) < 4.78 is 125. The van der Waals surface area contributed by atoms with E-state index in [0.717, 1.165) is 36.3 Å². The Balaban J connectivity index is 0.691. The predicted molar refractivity (Wildman–Crippen MR) is 415 cm³/mol. The predicted octanol–water partition coefficient (Wildman–Crippen LogP) is 10.0. The van der Waals surface area contributed by atoms with Gasteiger partial charge in [-0.1, -0.05) is 93.2 Å². The number of benzene rings is 2. The second-order valence-corrected chi connectivity index (χ2v) is 38.7. The lowest BCUT2D eigenvalue weighted by Crippen LogP contribution is -2.30. The van der Waals surface area contributed by atoms with Crippen LogP contribution in [0.2, 0.25) is 0 Å². The van der Waals surface area contributed by atoms with E-state index >= 15 is 0 Å². The number of fused-ring (bicyclic) bond motifs is 3. The van der Waals surface area contributed by atoms with Crippen molar-refractivity contribution < 1.29 is 116 Å². The van der Waals surface area contributed by atoms with Gasteiger partial charge in [-0.2, -0.15) is 21.6 Å². The summed E-state index contributed by atoms with van der Waals surface area (Å²) in [6.07, 6.45) is 15.2. The third kappa shape index (κ3) is 27.8. The standard InChI is InChI=1S/C69H98N7O24P3S5/c1-9-74-54-23-16-15-22-52(54)68(4,5)60(74)24-12-10-13-25-61-69(6,7)53-43-51(108(88,89)90)27-28-55(53)75(61)33-17-11-14-26-62(78)71-31-37-91-39-40-92-38-32-73-66(80)95-36-29-67(2,3)106-105-47-93-34-18-19-35-94-65(79)72-30-20-21-49-45-76(56-41-50(70)42-57(77)64(49)56)63-44-58(96-48-107(8)104)59(98-63)46-97-102(84,85)100-103(86,87)99-101(81,82)83/h10,12-13,15-16,22-25,27-28,41,43,45,58-59,63H,9,11,14,17-19,26,29-40,42,44,46-48H2,1-8H3,(H9-,70,71,72,73,77,78,79,80,81,82,83,84,85,86,87,88,89,90)/p+1/t58-,59-,63-,107?/m1/s1. The molecule has 0 radical (unpaired) electrons. The first-order valence-electron chi connectivity index (χ1n) is 34.8. The first-order chi connectivity index (χ1) is 50.9. The lowest BCUT2D eigenvalue weighted by molar-refractivity contribution is -0.438. The molecule has 3 aromatic rings. The molecule has 4 heterocycles. The number of nitrogens with zero attached hydrogens (tertiary/aromatic N) is 3. The van der Waals surface area contributed by atoms with Gasteiger partial charge in [-0.05, 0) is 120 Å². The number of ketones is 1. The molecule has 7 rings (SSSR count). The minimum atomic E-state index is -5.79. The number of nitrogens with two attached hydrogens (primary N) is 1.